The Morgan fingerprint density at radius 3 is 2.61 bits per heavy atom. The molecule has 8 heteroatoms. The topological polar surface area (TPSA) is 104 Å². The van der Waals surface area contributed by atoms with Gasteiger partial charge in [-0.05, 0) is 54.3 Å². The smallest absolute Gasteiger partial charge is 0.312 e. The second-order valence-electron chi connectivity index (χ2n) is 9.25. The maximum atomic E-state index is 13.4. The van der Waals surface area contributed by atoms with Crippen LogP contribution in [0.3, 0.4) is 0 Å². The molecular weight excluding hydrogens is 486 g/mol. The minimum Gasteiger partial charge on any atom is -0.493 e. The molecule has 0 radical (unpaired) electrons. The summed E-state index contributed by atoms with van der Waals surface area (Å²) in [4.78, 5) is 42.1. The zero-order chi connectivity index (χ0) is 26.6. The summed E-state index contributed by atoms with van der Waals surface area (Å²) in [6, 6.07) is 16.0. The number of rotatable bonds is 4. The number of aromatic amines is 1. The fourth-order valence-electron chi connectivity index (χ4n) is 5.13. The molecule has 3 aromatic carbocycles. The van der Waals surface area contributed by atoms with Crippen LogP contribution in [0.15, 0.2) is 65.2 Å². The number of allylic oxidation sites excluding steroid dienone is 1. The standard InChI is InChI=1S/C30H23NO7/c1-15-7-8-16-12-20(30(34)31-21(16)11-15)19-14-25(32)37-22-10-9-18-27(33)24(38-29(18)26(19)22)13-17-5-4-6-23(35-2)28(17)36-3/h4-13,19H,14H2,1-3H3,(H,31,34)/b24-13-. The molecule has 38 heavy (non-hydrogen) atoms. The van der Waals surface area contributed by atoms with Gasteiger partial charge in [-0.3, -0.25) is 14.4 Å². The zero-order valence-electron chi connectivity index (χ0n) is 20.9. The number of para-hydroxylation sites is 1. The van der Waals surface area contributed by atoms with E-state index in [0.717, 1.165) is 10.9 Å². The van der Waals surface area contributed by atoms with Crippen LogP contribution in [0.2, 0.25) is 0 Å². The van der Waals surface area contributed by atoms with Crippen molar-refractivity contribution in [2.75, 3.05) is 14.2 Å². The van der Waals surface area contributed by atoms with Gasteiger partial charge in [-0.1, -0.05) is 24.3 Å². The fraction of sp³-hybridized carbons (Fsp3) is 0.167. The molecular formula is C30H23NO7. The maximum absolute atomic E-state index is 13.4. The molecule has 1 unspecified atom stereocenters. The summed E-state index contributed by atoms with van der Waals surface area (Å²) >= 11 is 0. The van der Waals surface area contributed by atoms with Gasteiger partial charge in [0, 0.05) is 28.1 Å². The molecule has 0 fully saturated rings. The second kappa shape index (κ2) is 8.92. The van der Waals surface area contributed by atoms with E-state index in [0.29, 0.717) is 39.3 Å². The van der Waals surface area contributed by atoms with Crippen molar-refractivity contribution in [1.29, 1.82) is 0 Å². The molecule has 0 aliphatic carbocycles. The Kier molecular flexibility index (Phi) is 5.52. The van der Waals surface area contributed by atoms with E-state index in [1.165, 1.54) is 14.2 Å². The number of hydrogen-bond donors (Lipinski definition) is 1. The molecule has 2 aliphatic heterocycles. The summed E-state index contributed by atoms with van der Waals surface area (Å²) in [7, 11) is 3.05. The van der Waals surface area contributed by atoms with Crippen LogP contribution in [0, 0.1) is 6.92 Å². The van der Waals surface area contributed by atoms with Crippen LogP contribution in [0.5, 0.6) is 23.0 Å². The molecule has 190 valence electrons. The Morgan fingerprint density at radius 2 is 1.82 bits per heavy atom. The molecule has 0 saturated carbocycles. The van der Waals surface area contributed by atoms with Crippen molar-refractivity contribution in [2.45, 2.75) is 19.3 Å². The van der Waals surface area contributed by atoms with Crippen molar-refractivity contribution in [2.24, 2.45) is 0 Å². The lowest BCUT2D eigenvalue weighted by Crippen LogP contribution is -2.26. The molecule has 1 aromatic heterocycles. The number of benzene rings is 3. The monoisotopic (exact) mass is 509 g/mol. The van der Waals surface area contributed by atoms with Crippen LogP contribution in [-0.4, -0.2) is 31.0 Å². The number of carbonyl (C=O) groups excluding carboxylic acids is 2. The highest BCUT2D eigenvalue weighted by molar-refractivity contribution is 6.15. The number of Topliss-reactive ketones (excluding diaryl/α,β-unsaturated/α-hetero) is 1. The van der Waals surface area contributed by atoms with Crippen molar-refractivity contribution < 1.29 is 28.5 Å². The molecule has 1 atom stereocenters. The van der Waals surface area contributed by atoms with E-state index in [-0.39, 0.29) is 35.0 Å². The number of ketones is 1. The molecule has 0 saturated heterocycles. The highest BCUT2D eigenvalue weighted by Gasteiger charge is 2.39. The van der Waals surface area contributed by atoms with Gasteiger partial charge in [0.15, 0.2) is 17.3 Å². The number of hydrogen-bond acceptors (Lipinski definition) is 7. The number of aromatic nitrogens is 1. The fourth-order valence-corrected chi connectivity index (χ4v) is 5.13. The molecule has 0 amide bonds. The van der Waals surface area contributed by atoms with Gasteiger partial charge >= 0.3 is 5.97 Å². The Morgan fingerprint density at radius 1 is 0.974 bits per heavy atom. The number of fused-ring (bicyclic) bond motifs is 4. The number of aryl methyl sites for hydroxylation is 1. The minimum atomic E-state index is -0.658. The first-order valence-corrected chi connectivity index (χ1v) is 12.0. The van der Waals surface area contributed by atoms with Crippen molar-refractivity contribution >= 4 is 28.7 Å². The Hall–Kier alpha value is -4.85. The van der Waals surface area contributed by atoms with Gasteiger partial charge in [-0.15, -0.1) is 0 Å². The first kappa shape index (κ1) is 23.5. The first-order chi connectivity index (χ1) is 18.4. The molecule has 2 aliphatic rings. The Balaban J connectivity index is 1.49. The number of nitrogens with one attached hydrogen (secondary N) is 1. The zero-order valence-corrected chi connectivity index (χ0v) is 20.9. The number of pyridine rings is 1. The average molecular weight is 510 g/mol. The molecule has 0 spiro atoms. The van der Waals surface area contributed by atoms with Crippen LogP contribution < -0.4 is 24.5 Å². The molecule has 0 bridgehead atoms. The summed E-state index contributed by atoms with van der Waals surface area (Å²) < 4.78 is 22.5. The minimum absolute atomic E-state index is 0.0653. The second-order valence-corrected chi connectivity index (χ2v) is 9.25. The lowest BCUT2D eigenvalue weighted by molar-refractivity contribution is -0.135. The highest BCUT2D eigenvalue weighted by Crippen LogP contribution is 2.49. The van der Waals surface area contributed by atoms with E-state index in [9.17, 15) is 14.4 Å². The van der Waals surface area contributed by atoms with Crippen molar-refractivity contribution in [3.8, 4) is 23.0 Å². The predicted molar refractivity (Wildman–Crippen MR) is 140 cm³/mol. The molecule has 6 rings (SSSR count). The molecule has 8 nitrogen and oxygen atoms in total. The number of ether oxygens (including phenoxy) is 4. The van der Waals surface area contributed by atoms with Gasteiger partial charge in [-0.25, -0.2) is 0 Å². The van der Waals surface area contributed by atoms with E-state index in [1.54, 1.807) is 42.5 Å². The average Bonchev–Trinajstić information content (AvgIpc) is 3.22. The van der Waals surface area contributed by atoms with E-state index < -0.39 is 11.9 Å². The van der Waals surface area contributed by atoms with Gasteiger partial charge in [0.05, 0.1) is 26.2 Å². The van der Waals surface area contributed by atoms with Crippen molar-refractivity contribution in [3.05, 3.63) is 98.5 Å². The summed E-state index contributed by atoms with van der Waals surface area (Å²) in [6.07, 6.45) is 1.52. The predicted octanol–water partition coefficient (Wildman–Crippen LogP) is 4.91. The normalized spacial score (nSPS) is 17.1. The number of H-pyrrole nitrogens is 1. The van der Waals surface area contributed by atoms with Gasteiger partial charge in [0.25, 0.3) is 5.56 Å². The van der Waals surface area contributed by atoms with Crippen molar-refractivity contribution in [3.63, 3.8) is 0 Å². The summed E-state index contributed by atoms with van der Waals surface area (Å²) in [6.45, 7) is 1.95. The van der Waals surface area contributed by atoms with Crippen LogP contribution in [0.1, 0.15) is 45.0 Å². The maximum Gasteiger partial charge on any atom is 0.312 e. The van der Waals surface area contributed by atoms with Gasteiger partial charge in [-0.2, -0.15) is 0 Å². The van der Waals surface area contributed by atoms with Crippen LogP contribution in [0.4, 0.5) is 0 Å². The van der Waals surface area contributed by atoms with Gasteiger partial charge in [0.2, 0.25) is 5.78 Å². The number of methoxy groups -OCH3 is 2. The third kappa shape index (κ3) is 3.73. The summed E-state index contributed by atoms with van der Waals surface area (Å²) in [5.74, 6) is 0.149. The highest BCUT2D eigenvalue weighted by atomic mass is 16.5. The van der Waals surface area contributed by atoms with Crippen LogP contribution in [0.25, 0.3) is 17.0 Å². The van der Waals surface area contributed by atoms with Crippen molar-refractivity contribution in [1.82, 2.24) is 4.98 Å². The molecule has 1 N–H and O–H groups in total. The van der Waals surface area contributed by atoms with Crippen LogP contribution >= 0.6 is 0 Å². The lowest BCUT2D eigenvalue weighted by Gasteiger charge is -2.26. The van der Waals surface area contributed by atoms with E-state index in [4.69, 9.17) is 18.9 Å². The Labute approximate surface area is 217 Å². The quantitative estimate of drug-likeness (QED) is 0.237. The molecule has 3 heterocycles. The first-order valence-electron chi connectivity index (χ1n) is 12.0. The van der Waals surface area contributed by atoms with Gasteiger partial charge < -0.3 is 23.9 Å². The van der Waals surface area contributed by atoms with Crippen LogP contribution in [-0.2, 0) is 4.79 Å². The third-order valence-electron chi connectivity index (χ3n) is 6.91. The molecule has 4 aromatic rings. The van der Waals surface area contributed by atoms with Gasteiger partial charge in [0.1, 0.15) is 11.5 Å². The summed E-state index contributed by atoms with van der Waals surface area (Å²) in [5, 5.41) is 0.834. The van der Waals surface area contributed by atoms with E-state index in [2.05, 4.69) is 4.98 Å². The third-order valence-corrected chi connectivity index (χ3v) is 6.91. The van der Waals surface area contributed by atoms with E-state index >= 15 is 0 Å². The van der Waals surface area contributed by atoms with E-state index in [1.807, 2.05) is 25.1 Å². The number of carbonyl (C=O) groups is 2. The lowest BCUT2D eigenvalue weighted by atomic mass is 9.84. The summed E-state index contributed by atoms with van der Waals surface area (Å²) in [5.41, 5.74) is 3.23. The largest absolute Gasteiger partial charge is 0.493 e. The number of esters is 1. The SMILES string of the molecule is COc1cccc(/C=C2\Oc3c(ccc4c3C(c3cc5ccc(C)cc5[nH]c3=O)CC(=O)O4)C2=O)c1OC. The Bertz CT molecular complexity index is 1750.